The van der Waals surface area contributed by atoms with E-state index in [1.54, 1.807) is 23.5 Å². The maximum atomic E-state index is 13.9. The van der Waals surface area contributed by atoms with Crippen molar-refractivity contribution in [1.82, 2.24) is 4.90 Å². The summed E-state index contributed by atoms with van der Waals surface area (Å²) in [6.45, 7) is 3.84. The third kappa shape index (κ3) is 2.96. The second kappa shape index (κ2) is 7.66. The number of hydrogen-bond donors (Lipinski definition) is 3. The number of anilines is 1. The number of nitrogens with two attached hydrogens (primary N) is 2. The van der Waals surface area contributed by atoms with Crippen molar-refractivity contribution >= 4 is 29.3 Å². The average Bonchev–Trinajstić information content (AvgIpc) is 3.35. The molecule has 0 aromatic heterocycles. The molecule has 5 N–H and O–H groups in total. The van der Waals surface area contributed by atoms with Crippen LogP contribution in [-0.2, 0) is 31.3 Å². The zero-order valence-corrected chi connectivity index (χ0v) is 19.3. The number of imide groups is 1. The molecule has 4 amide bonds. The molecule has 3 heterocycles. The molecular weight excluding hydrogens is 436 g/mol. The summed E-state index contributed by atoms with van der Waals surface area (Å²) in [7, 11) is 1.53. The first-order valence-electron chi connectivity index (χ1n) is 11.2. The summed E-state index contributed by atoms with van der Waals surface area (Å²) in [6, 6.07) is 10.4. The molecule has 0 aliphatic carbocycles. The van der Waals surface area contributed by atoms with E-state index < -0.39 is 41.1 Å². The van der Waals surface area contributed by atoms with Crippen LogP contribution in [0.4, 0.5) is 5.69 Å². The number of ether oxygens (including phenoxy) is 1. The van der Waals surface area contributed by atoms with Crippen molar-refractivity contribution < 1.29 is 29.2 Å². The van der Waals surface area contributed by atoms with Crippen LogP contribution in [0.15, 0.2) is 36.4 Å². The van der Waals surface area contributed by atoms with Crippen LogP contribution in [0.1, 0.15) is 28.7 Å². The minimum absolute atomic E-state index is 0.0232. The fraction of sp³-hybridized carbons (Fsp3) is 0.360. The van der Waals surface area contributed by atoms with E-state index in [4.69, 9.17) is 10.5 Å². The smallest absolute Gasteiger partial charge is 0.291 e. The van der Waals surface area contributed by atoms with E-state index in [1.807, 2.05) is 32.0 Å². The Morgan fingerprint density at radius 2 is 1.91 bits per heavy atom. The van der Waals surface area contributed by atoms with Crippen molar-refractivity contribution in [2.45, 2.75) is 38.4 Å². The summed E-state index contributed by atoms with van der Waals surface area (Å²) >= 11 is 0. The van der Waals surface area contributed by atoms with Gasteiger partial charge in [0.2, 0.25) is 23.3 Å². The second-order valence-corrected chi connectivity index (χ2v) is 9.41. The number of primary amides is 1. The number of likely N-dealkylation sites (tertiary alicyclic amines) is 1. The lowest BCUT2D eigenvalue weighted by molar-refractivity contribution is -0.732. The summed E-state index contributed by atoms with van der Waals surface area (Å²) in [6.07, 6.45) is -0.113. The number of carbonyl (C=O) groups is 4. The number of quaternary nitrogens is 1. The topological polar surface area (TPSA) is 135 Å². The van der Waals surface area contributed by atoms with Crippen molar-refractivity contribution in [3.05, 3.63) is 58.7 Å². The average molecular weight is 464 g/mol. The number of rotatable bonds is 5. The van der Waals surface area contributed by atoms with Gasteiger partial charge in [-0.3, -0.25) is 24.1 Å². The van der Waals surface area contributed by atoms with Gasteiger partial charge in [0, 0.05) is 11.1 Å². The van der Waals surface area contributed by atoms with Crippen LogP contribution in [-0.4, -0.2) is 41.7 Å². The highest BCUT2D eigenvalue weighted by atomic mass is 16.5. The standard InChI is InChI=1S/C25H26N4O5/c1-12-8-13(2)21-15(9-12)25(24(33)27-21)20-19(16(28-25)10-18(26)30)22(31)29(23(20)32)11-14-6-4-5-7-17(14)34-3/h4-9,16,19-20,28H,10-11H2,1-3H3,(H2,26,30)(H,27,33)/p+1/t16-,19+,20-,25+/m0/s1. The number of nitrogens with zero attached hydrogens (tertiary/aromatic N) is 1. The van der Waals surface area contributed by atoms with Gasteiger partial charge < -0.3 is 21.1 Å². The van der Waals surface area contributed by atoms with Crippen molar-refractivity contribution in [2.24, 2.45) is 17.6 Å². The Labute approximate surface area is 196 Å². The predicted molar refractivity (Wildman–Crippen MR) is 121 cm³/mol. The van der Waals surface area contributed by atoms with Crippen molar-refractivity contribution in [3.63, 3.8) is 0 Å². The second-order valence-electron chi connectivity index (χ2n) is 9.41. The molecule has 34 heavy (non-hydrogen) atoms. The maximum absolute atomic E-state index is 13.9. The number of para-hydroxylation sites is 1. The Morgan fingerprint density at radius 3 is 2.62 bits per heavy atom. The van der Waals surface area contributed by atoms with E-state index in [1.165, 1.54) is 12.0 Å². The molecule has 3 aliphatic rings. The normalized spacial score (nSPS) is 27.2. The highest BCUT2D eigenvalue weighted by Crippen LogP contribution is 2.50. The number of fused-ring (bicyclic) bond motifs is 4. The minimum atomic E-state index is -1.33. The van der Waals surface area contributed by atoms with Crippen LogP contribution < -0.4 is 21.1 Å². The van der Waals surface area contributed by atoms with Crippen LogP contribution in [0.25, 0.3) is 0 Å². The quantitative estimate of drug-likeness (QED) is 0.540. The fourth-order valence-corrected chi connectivity index (χ4v) is 6.06. The van der Waals surface area contributed by atoms with Crippen molar-refractivity contribution in [2.75, 3.05) is 12.4 Å². The first kappa shape index (κ1) is 22.1. The molecule has 0 bridgehead atoms. The fourth-order valence-electron chi connectivity index (χ4n) is 6.06. The van der Waals surface area contributed by atoms with Gasteiger partial charge in [0.15, 0.2) is 0 Å². The molecule has 4 atom stereocenters. The van der Waals surface area contributed by atoms with E-state index in [9.17, 15) is 19.2 Å². The van der Waals surface area contributed by atoms with Gasteiger partial charge in [0.05, 0.1) is 25.8 Å². The molecule has 0 radical (unpaired) electrons. The molecule has 0 saturated carbocycles. The number of hydrogen-bond acceptors (Lipinski definition) is 5. The Morgan fingerprint density at radius 1 is 1.18 bits per heavy atom. The zero-order chi connectivity index (χ0) is 24.4. The van der Waals surface area contributed by atoms with Gasteiger partial charge in [-0.05, 0) is 31.5 Å². The summed E-state index contributed by atoms with van der Waals surface area (Å²) in [4.78, 5) is 54.2. The van der Waals surface area contributed by atoms with Crippen LogP contribution in [0, 0.1) is 25.7 Å². The van der Waals surface area contributed by atoms with E-state index in [2.05, 4.69) is 5.32 Å². The summed E-state index contributed by atoms with van der Waals surface area (Å²) < 4.78 is 5.40. The molecule has 2 aromatic rings. The van der Waals surface area contributed by atoms with Gasteiger partial charge in [-0.15, -0.1) is 0 Å². The first-order valence-corrected chi connectivity index (χ1v) is 11.2. The SMILES string of the molecule is COc1ccccc1CN1C(=O)[C@@H]2[C@H](CC(N)=O)[NH2+][C@@]3(C(=O)Nc4c(C)cc(C)cc43)[C@@H]2C1=O. The lowest BCUT2D eigenvalue weighted by Crippen LogP contribution is -2.99. The lowest BCUT2D eigenvalue weighted by atomic mass is 9.76. The Balaban J connectivity index is 1.63. The maximum Gasteiger partial charge on any atom is 0.291 e. The highest BCUT2D eigenvalue weighted by molar-refractivity contribution is 6.14. The summed E-state index contributed by atoms with van der Waals surface area (Å²) in [5.74, 6) is -2.98. The van der Waals surface area contributed by atoms with E-state index in [-0.39, 0.29) is 18.9 Å². The Bertz CT molecular complexity index is 1260. The minimum Gasteiger partial charge on any atom is -0.496 e. The third-order valence-corrected chi connectivity index (χ3v) is 7.37. The monoisotopic (exact) mass is 463 g/mol. The van der Waals surface area contributed by atoms with Gasteiger partial charge in [-0.1, -0.05) is 29.8 Å². The van der Waals surface area contributed by atoms with Gasteiger partial charge in [-0.2, -0.15) is 0 Å². The van der Waals surface area contributed by atoms with E-state index in [0.717, 1.165) is 11.1 Å². The lowest BCUT2D eigenvalue weighted by Gasteiger charge is -2.26. The van der Waals surface area contributed by atoms with Crippen LogP contribution in [0.2, 0.25) is 0 Å². The highest BCUT2D eigenvalue weighted by Gasteiger charge is 2.74. The molecule has 5 rings (SSSR count). The zero-order valence-electron chi connectivity index (χ0n) is 19.3. The number of amides is 4. The van der Waals surface area contributed by atoms with Gasteiger partial charge in [-0.25, -0.2) is 0 Å². The molecule has 2 saturated heterocycles. The molecule has 2 fully saturated rings. The number of benzene rings is 2. The van der Waals surface area contributed by atoms with Gasteiger partial charge >= 0.3 is 0 Å². The van der Waals surface area contributed by atoms with Crippen molar-refractivity contribution in [3.8, 4) is 5.75 Å². The van der Waals surface area contributed by atoms with Gasteiger partial charge in [0.1, 0.15) is 23.6 Å². The third-order valence-electron chi connectivity index (χ3n) is 7.37. The van der Waals surface area contributed by atoms with E-state index in [0.29, 0.717) is 22.6 Å². The molecule has 9 heteroatoms. The largest absolute Gasteiger partial charge is 0.496 e. The predicted octanol–water partition coefficient (Wildman–Crippen LogP) is 0.0818. The van der Waals surface area contributed by atoms with Crippen LogP contribution in [0.5, 0.6) is 5.75 Å². The van der Waals surface area contributed by atoms with Crippen LogP contribution in [0.3, 0.4) is 0 Å². The molecular formula is C25H27N4O5+. The Hall–Kier alpha value is -3.72. The van der Waals surface area contributed by atoms with E-state index >= 15 is 0 Å². The molecule has 1 spiro atoms. The molecule has 9 nitrogen and oxygen atoms in total. The first-order chi connectivity index (χ1) is 16.2. The summed E-state index contributed by atoms with van der Waals surface area (Å²) in [5.41, 5.74) is 8.02. The molecule has 2 aromatic carbocycles. The van der Waals surface area contributed by atoms with Crippen molar-refractivity contribution in [1.29, 1.82) is 0 Å². The molecule has 3 aliphatic heterocycles. The Kier molecular flexibility index (Phi) is 4.98. The molecule has 176 valence electrons. The summed E-state index contributed by atoms with van der Waals surface area (Å²) in [5, 5.41) is 4.67. The number of aryl methyl sites for hydroxylation is 2. The number of nitrogens with one attached hydrogen (secondary N) is 1. The van der Waals surface area contributed by atoms with Gasteiger partial charge in [0.25, 0.3) is 5.91 Å². The number of carbonyl (C=O) groups excluding carboxylic acids is 4. The molecule has 0 unspecified atom stereocenters. The van der Waals surface area contributed by atoms with Crippen LogP contribution >= 0.6 is 0 Å². The number of methoxy groups -OCH3 is 1.